The second kappa shape index (κ2) is 7.23. The van der Waals surface area contributed by atoms with E-state index >= 15 is 0 Å². The van der Waals surface area contributed by atoms with Crippen molar-refractivity contribution in [3.63, 3.8) is 0 Å². The Labute approximate surface area is 161 Å². The molecule has 0 aliphatic carbocycles. The molecule has 0 saturated carbocycles. The molecule has 4 aromatic rings. The number of carbonyl (C=O) groups is 1. The largest absolute Gasteiger partial charge is 0.573 e. The highest BCUT2D eigenvalue weighted by Crippen LogP contribution is 2.26. The van der Waals surface area contributed by atoms with Gasteiger partial charge in [-0.2, -0.15) is 0 Å². The molecule has 146 valence electrons. The number of fused-ring (bicyclic) bond motifs is 1. The third kappa shape index (κ3) is 4.15. The van der Waals surface area contributed by atoms with E-state index in [-0.39, 0.29) is 11.4 Å². The van der Waals surface area contributed by atoms with Crippen molar-refractivity contribution in [2.75, 3.05) is 5.32 Å². The van der Waals surface area contributed by atoms with E-state index in [0.29, 0.717) is 22.5 Å². The Morgan fingerprint density at radius 2 is 1.97 bits per heavy atom. The molecule has 1 amide bonds. The molecule has 0 unspecified atom stereocenters. The van der Waals surface area contributed by atoms with Crippen molar-refractivity contribution in [2.45, 2.75) is 6.36 Å². The topological polar surface area (TPSA) is 81.9 Å². The van der Waals surface area contributed by atoms with Gasteiger partial charge in [0.05, 0.1) is 17.6 Å². The lowest BCUT2D eigenvalue weighted by Crippen LogP contribution is -2.17. The predicted molar refractivity (Wildman–Crippen MR) is 97.7 cm³/mol. The minimum atomic E-state index is -4.80. The molecular formula is C19H12F3N5O2. The molecule has 0 aliphatic heterocycles. The summed E-state index contributed by atoms with van der Waals surface area (Å²) in [5.41, 5.74) is 1.76. The maximum absolute atomic E-state index is 12.5. The highest BCUT2D eigenvalue weighted by atomic mass is 19.4. The lowest BCUT2D eigenvalue weighted by molar-refractivity contribution is -0.274. The lowest BCUT2D eigenvalue weighted by atomic mass is 10.3. The van der Waals surface area contributed by atoms with E-state index in [4.69, 9.17) is 0 Å². The summed E-state index contributed by atoms with van der Waals surface area (Å²) in [5.74, 6) is -0.830. The van der Waals surface area contributed by atoms with Crippen molar-refractivity contribution >= 4 is 22.8 Å². The third-order valence-electron chi connectivity index (χ3n) is 3.88. The Balaban J connectivity index is 1.67. The van der Waals surface area contributed by atoms with Gasteiger partial charge in [0.25, 0.3) is 5.91 Å². The number of hydrogen-bond acceptors (Lipinski definition) is 5. The molecule has 3 aromatic heterocycles. The lowest BCUT2D eigenvalue weighted by Gasteiger charge is -2.11. The van der Waals surface area contributed by atoms with Crippen LogP contribution in [0, 0.1) is 0 Å². The number of pyridine rings is 2. The summed E-state index contributed by atoms with van der Waals surface area (Å²) in [6, 6.07) is 11.9. The van der Waals surface area contributed by atoms with Gasteiger partial charge in [-0.25, -0.2) is 9.97 Å². The Hall–Kier alpha value is -3.95. The Kier molecular flexibility index (Phi) is 4.59. The summed E-state index contributed by atoms with van der Waals surface area (Å²) in [4.78, 5) is 24.9. The van der Waals surface area contributed by atoms with Gasteiger partial charge < -0.3 is 10.1 Å². The van der Waals surface area contributed by atoms with Crippen LogP contribution < -0.4 is 10.1 Å². The first-order valence-corrected chi connectivity index (χ1v) is 8.31. The van der Waals surface area contributed by atoms with Gasteiger partial charge in [0.15, 0.2) is 5.65 Å². The fourth-order valence-electron chi connectivity index (χ4n) is 2.67. The Morgan fingerprint density at radius 3 is 2.72 bits per heavy atom. The number of hydrogen-bond donors (Lipinski definition) is 1. The van der Waals surface area contributed by atoms with Gasteiger partial charge in [-0.3, -0.25) is 14.3 Å². The molecule has 4 rings (SSSR count). The van der Waals surface area contributed by atoms with Crippen molar-refractivity contribution in [1.82, 2.24) is 19.5 Å². The van der Waals surface area contributed by atoms with Crippen LogP contribution in [0.15, 0.2) is 67.3 Å². The Bertz CT molecular complexity index is 1180. The summed E-state index contributed by atoms with van der Waals surface area (Å²) < 4.78 is 42.9. The van der Waals surface area contributed by atoms with Crippen LogP contribution in [0.25, 0.3) is 16.9 Å². The van der Waals surface area contributed by atoms with Crippen molar-refractivity contribution in [3.8, 4) is 11.4 Å². The van der Waals surface area contributed by atoms with E-state index in [1.807, 2.05) is 0 Å². The molecule has 0 aliphatic rings. The van der Waals surface area contributed by atoms with Gasteiger partial charge in [-0.15, -0.1) is 13.2 Å². The molecular weight excluding hydrogens is 387 g/mol. The summed E-state index contributed by atoms with van der Waals surface area (Å²) in [7, 11) is 0. The van der Waals surface area contributed by atoms with E-state index in [9.17, 15) is 18.0 Å². The average molecular weight is 399 g/mol. The second-order valence-electron chi connectivity index (χ2n) is 5.89. The van der Waals surface area contributed by atoms with Gasteiger partial charge in [-0.1, -0.05) is 6.07 Å². The minimum Gasteiger partial charge on any atom is -0.406 e. The molecule has 3 heterocycles. The van der Waals surface area contributed by atoms with Crippen molar-refractivity contribution < 1.29 is 22.7 Å². The molecule has 0 spiro atoms. The van der Waals surface area contributed by atoms with Crippen LogP contribution in [0.3, 0.4) is 0 Å². The van der Waals surface area contributed by atoms with E-state index in [1.54, 1.807) is 30.5 Å². The number of amides is 1. The zero-order chi connectivity index (χ0) is 20.4. The van der Waals surface area contributed by atoms with Crippen LogP contribution in [0.2, 0.25) is 0 Å². The van der Waals surface area contributed by atoms with E-state index < -0.39 is 12.3 Å². The maximum Gasteiger partial charge on any atom is 0.573 e. The van der Waals surface area contributed by atoms with Gasteiger partial charge in [0, 0.05) is 12.3 Å². The average Bonchev–Trinajstić information content (AvgIpc) is 3.11. The highest BCUT2D eigenvalue weighted by molar-refractivity contribution is 6.03. The SMILES string of the molecule is O=C(Nc1cccnc1)c1ccc2ncn(-c3cccc(OC(F)(F)F)c3)c2n1. The summed E-state index contributed by atoms with van der Waals surface area (Å²) in [6.45, 7) is 0. The zero-order valence-corrected chi connectivity index (χ0v) is 14.6. The first-order valence-electron chi connectivity index (χ1n) is 8.31. The van der Waals surface area contributed by atoms with Crippen molar-refractivity contribution in [3.05, 3.63) is 72.9 Å². The van der Waals surface area contributed by atoms with E-state index in [0.717, 1.165) is 0 Å². The molecule has 0 fully saturated rings. The zero-order valence-electron chi connectivity index (χ0n) is 14.6. The molecule has 10 heteroatoms. The molecule has 1 N–H and O–H groups in total. The van der Waals surface area contributed by atoms with Gasteiger partial charge >= 0.3 is 6.36 Å². The number of rotatable bonds is 4. The predicted octanol–water partition coefficient (Wildman–Crippen LogP) is 3.97. The fourth-order valence-corrected chi connectivity index (χ4v) is 2.67. The Morgan fingerprint density at radius 1 is 1.10 bits per heavy atom. The number of anilines is 1. The number of imidazole rings is 1. The number of benzene rings is 1. The molecule has 29 heavy (non-hydrogen) atoms. The van der Waals surface area contributed by atoms with Crippen LogP contribution >= 0.6 is 0 Å². The van der Waals surface area contributed by atoms with Crippen LogP contribution in [-0.4, -0.2) is 31.8 Å². The van der Waals surface area contributed by atoms with Gasteiger partial charge in [0.1, 0.15) is 23.3 Å². The number of halogens is 3. The van der Waals surface area contributed by atoms with Crippen molar-refractivity contribution in [1.29, 1.82) is 0 Å². The monoisotopic (exact) mass is 399 g/mol. The second-order valence-corrected chi connectivity index (χ2v) is 5.89. The number of aromatic nitrogens is 4. The number of alkyl halides is 3. The van der Waals surface area contributed by atoms with Crippen molar-refractivity contribution in [2.24, 2.45) is 0 Å². The van der Waals surface area contributed by atoms with Crippen LogP contribution in [0.4, 0.5) is 18.9 Å². The number of ether oxygens (including phenoxy) is 1. The number of nitrogens with zero attached hydrogens (tertiary/aromatic N) is 4. The van der Waals surface area contributed by atoms with Gasteiger partial charge in [0.2, 0.25) is 0 Å². The van der Waals surface area contributed by atoms with Gasteiger partial charge in [-0.05, 0) is 36.4 Å². The fraction of sp³-hybridized carbons (Fsp3) is 0.0526. The standard InChI is InChI=1S/C19H12F3N5O2/c20-19(21,22)29-14-5-1-4-13(9-14)27-11-24-15-6-7-16(26-17(15)27)18(28)25-12-3-2-8-23-10-12/h1-11H,(H,25,28). The van der Waals surface area contributed by atoms with E-state index in [2.05, 4.69) is 25.0 Å². The summed E-state index contributed by atoms with van der Waals surface area (Å²) in [5, 5.41) is 2.67. The smallest absolute Gasteiger partial charge is 0.406 e. The first kappa shape index (κ1) is 18.4. The molecule has 1 aromatic carbocycles. The van der Waals surface area contributed by atoms with E-state index in [1.165, 1.54) is 41.4 Å². The summed E-state index contributed by atoms with van der Waals surface area (Å²) in [6.07, 6.45) is -0.319. The molecule has 0 radical (unpaired) electrons. The maximum atomic E-state index is 12.5. The molecule has 0 saturated heterocycles. The highest BCUT2D eigenvalue weighted by Gasteiger charge is 2.31. The molecule has 0 atom stereocenters. The van der Waals surface area contributed by atoms with Crippen LogP contribution in [0.5, 0.6) is 5.75 Å². The summed E-state index contributed by atoms with van der Waals surface area (Å²) >= 11 is 0. The number of carbonyl (C=O) groups excluding carboxylic acids is 1. The van der Waals surface area contributed by atoms with Crippen LogP contribution in [-0.2, 0) is 0 Å². The quantitative estimate of drug-likeness (QED) is 0.562. The molecule has 7 nitrogen and oxygen atoms in total. The molecule has 0 bridgehead atoms. The normalized spacial score (nSPS) is 11.4. The number of nitrogens with one attached hydrogen (secondary N) is 1. The minimum absolute atomic E-state index is 0.116. The van der Waals surface area contributed by atoms with Crippen LogP contribution in [0.1, 0.15) is 10.5 Å². The first-order chi connectivity index (χ1) is 13.9. The third-order valence-corrected chi connectivity index (χ3v) is 3.88.